The number of ether oxygens (including phenoxy) is 1. The predicted octanol–water partition coefficient (Wildman–Crippen LogP) is 0.439. The highest BCUT2D eigenvalue weighted by Gasteiger charge is 1.90. The van der Waals surface area contributed by atoms with E-state index in [1.807, 2.05) is 0 Å². The van der Waals surface area contributed by atoms with Gasteiger partial charge in [-0.05, 0) is 6.42 Å². The minimum absolute atomic E-state index is 0.305. The number of hydrogen-bond acceptors (Lipinski definition) is 3. The predicted molar refractivity (Wildman–Crippen MR) is 31.6 cm³/mol. The standard InChI is InChI=1S/C6H9O3/c1-6(8)9-5-3-2-4-7/h2-3,5H2,1H3. The fourth-order valence-electron chi connectivity index (χ4n) is 0.360. The summed E-state index contributed by atoms with van der Waals surface area (Å²) in [7, 11) is 0. The molecule has 0 aliphatic rings. The van der Waals surface area contributed by atoms with E-state index in [9.17, 15) is 9.59 Å². The average molecular weight is 129 g/mol. The second-order valence-electron chi connectivity index (χ2n) is 1.59. The zero-order valence-corrected chi connectivity index (χ0v) is 5.35. The smallest absolute Gasteiger partial charge is 0.302 e. The molecule has 9 heavy (non-hydrogen) atoms. The van der Waals surface area contributed by atoms with E-state index in [1.54, 1.807) is 6.29 Å². The molecule has 0 spiro atoms. The first-order chi connectivity index (χ1) is 4.27. The Morgan fingerprint density at radius 3 is 2.78 bits per heavy atom. The number of rotatable bonds is 4. The maximum atomic E-state index is 10.1. The third-order valence-electron chi connectivity index (χ3n) is 0.729. The maximum absolute atomic E-state index is 10.1. The van der Waals surface area contributed by atoms with Crippen molar-refractivity contribution in [2.45, 2.75) is 19.8 Å². The highest BCUT2D eigenvalue weighted by Crippen LogP contribution is 1.85. The van der Waals surface area contributed by atoms with Crippen LogP contribution in [-0.4, -0.2) is 18.9 Å². The topological polar surface area (TPSA) is 43.4 Å². The third kappa shape index (κ3) is 7.14. The van der Waals surface area contributed by atoms with Crippen LogP contribution in [0, 0.1) is 0 Å². The molecule has 0 unspecified atom stereocenters. The minimum atomic E-state index is -0.305. The summed E-state index contributed by atoms with van der Waals surface area (Å²) in [5.74, 6) is -0.305. The number of carbonyl (C=O) groups excluding carboxylic acids is 2. The molecule has 1 radical (unpaired) electrons. The van der Waals surface area contributed by atoms with Crippen molar-refractivity contribution in [2.24, 2.45) is 0 Å². The van der Waals surface area contributed by atoms with E-state index in [-0.39, 0.29) is 5.97 Å². The quantitative estimate of drug-likeness (QED) is 0.408. The van der Waals surface area contributed by atoms with Crippen molar-refractivity contribution in [3.63, 3.8) is 0 Å². The van der Waals surface area contributed by atoms with E-state index in [1.165, 1.54) is 6.92 Å². The van der Waals surface area contributed by atoms with Crippen molar-refractivity contribution in [3.05, 3.63) is 0 Å². The van der Waals surface area contributed by atoms with Gasteiger partial charge in [-0.25, -0.2) is 0 Å². The van der Waals surface area contributed by atoms with Crippen LogP contribution in [0.15, 0.2) is 0 Å². The molecule has 0 bridgehead atoms. The zero-order chi connectivity index (χ0) is 7.11. The van der Waals surface area contributed by atoms with Crippen LogP contribution in [0.1, 0.15) is 19.8 Å². The molecule has 0 aromatic carbocycles. The van der Waals surface area contributed by atoms with Gasteiger partial charge in [0.2, 0.25) is 0 Å². The van der Waals surface area contributed by atoms with Gasteiger partial charge in [-0.1, -0.05) is 0 Å². The first kappa shape index (κ1) is 8.14. The minimum Gasteiger partial charge on any atom is -0.466 e. The van der Waals surface area contributed by atoms with Crippen LogP contribution in [0.3, 0.4) is 0 Å². The lowest BCUT2D eigenvalue weighted by molar-refractivity contribution is -0.141. The molecule has 0 heterocycles. The van der Waals surface area contributed by atoms with Crippen LogP contribution in [-0.2, 0) is 14.3 Å². The number of unbranched alkanes of at least 4 members (excludes halogenated alkanes) is 1. The Kier molecular flexibility index (Phi) is 4.78. The monoisotopic (exact) mass is 129 g/mol. The molecule has 0 aromatic heterocycles. The SMILES string of the molecule is CC(=O)OCCC[C]=O. The number of hydrogen-bond donors (Lipinski definition) is 0. The molecule has 0 saturated carbocycles. The first-order valence-corrected chi connectivity index (χ1v) is 2.75. The Morgan fingerprint density at radius 2 is 2.33 bits per heavy atom. The molecule has 0 fully saturated rings. The Bertz CT molecular complexity index is 98.5. The Balaban J connectivity index is 2.91. The Hall–Kier alpha value is -0.860. The van der Waals surface area contributed by atoms with E-state index >= 15 is 0 Å². The van der Waals surface area contributed by atoms with E-state index in [0.29, 0.717) is 19.4 Å². The Morgan fingerprint density at radius 1 is 1.67 bits per heavy atom. The second-order valence-corrected chi connectivity index (χ2v) is 1.59. The molecule has 3 heteroatoms. The molecule has 0 atom stereocenters. The number of carbonyl (C=O) groups is 1. The normalized spacial score (nSPS) is 8.56. The third-order valence-corrected chi connectivity index (χ3v) is 0.729. The van der Waals surface area contributed by atoms with E-state index in [0.717, 1.165) is 0 Å². The lowest BCUT2D eigenvalue weighted by Crippen LogP contribution is -2.00. The summed E-state index contributed by atoms with van der Waals surface area (Å²) < 4.78 is 4.53. The van der Waals surface area contributed by atoms with E-state index in [4.69, 9.17) is 0 Å². The van der Waals surface area contributed by atoms with Gasteiger partial charge >= 0.3 is 5.97 Å². The largest absolute Gasteiger partial charge is 0.466 e. The first-order valence-electron chi connectivity index (χ1n) is 2.75. The van der Waals surface area contributed by atoms with Gasteiger partial charge in [-0.15, -0.1) is 0 Å². The molecular formula is C6H9O3. The molecule has 0 aliphatic heterocycles. The summed E-state index contributed by atoms with van der Waals surface area (Å²) in [5.41, 5.74) is 0. The maximum Gasteiger partial charge on any atom is 0.302 e. The van der Waals surface area contributed by atoms with Crippen molar-refractivity contribution < 1.29 is 14.3 Å². The summed E-state index contributed by atoms with van der Waals surface area (Å²) >= 11 is 0. The van der Waals surface area contributed by atoms with Crippen molar-refractivity contribution in [1.82, 2.24) is 0 Å². The highest BCUT2D eigenvalue weighted by molar-refractivity contribution is 5.65. The van der Waals surface area contributed by atoms with Gasteiger partial charge in [-0.3, -0.25) is 9.59 Å². The van der Waals surface area contributed by atoms with Gasteiger partial charge in [0, 0.05) is 13.3 Å². The van der Waals surface area contributed by atoms with Crippen molar-refractivity contribution in [3.8, 4) is 0 Å². The summed E-state index contributed by atoms with van der Waals surface area (Å²) in [5, 5.41) is 0. The van der Waals surface area contributed by atoms with Crippen LogP contribution < -0.4 is 0 Å². The fourth-order valence-corrected chi connectivity index (χ4v) is 0.360. The van der Waals surface area contributed by atoms with Crippen molar-refractivity contribution in [1.29, 1.82) is 0 Å². The van der Waals surface area contributed by atoms with Crippen LogP contribution in [0.2, 0.25) is 0 Å². The molecule has 0 aliphatic carbocycles. The lowest BCUT2D eigenvalue weighted by atomic mass is 10.3. The molecule has 0 amide bonds. The van der Waals surface area contributed by atoms with Gasteiger partial charge in [0.25, 0.3) is 0 Å². The molecule has 0 aromatic rings. The van der Waals surface area contributed by atoms with Gasteiger partial charge in [0.15, 0.2) is 6.29 Å². The fraction of sp³-hybridized carbons (Fsp3) is 0.667. The summed E-state index contributed by atoms with van der Waals surface area (Å²) in [4.78, 5) is 19.7. The molecule has 0 N–H and O–H groups in total. The van der Waals surface area contributed by atoms with Crippen LogP contribution in [0.5, 0.6) is 0 Å². The van der Waals surface area contributed by atoms with Crippen LogP contribution >= 0.6 is 0 Å². The second kappa shape index (κ2) is 5.28. The van der Waals surface area contributed by atoms with Crippen molar-refractivity contribution in [2.75, 3.05) is 6.61 Å². The summed E-state index contributed by atoms with van der Waals surface area (Å²) in [6.45, 7) is 1.66. The van der Waals surface area contributed by atoms with Crippen LogP contribution in [0.25, 0.3) is 0 Å². The molecular weight excluding hydrogens is 120 g/mol. The molecule has 0 saturated heterocycles. The van der Waals surface area contributed by atoms with E-state index in [2.05, 4.69) is 4.74 Å². The highest BCUT2D eigenvalue weighted by atomic mass is 16.5. The van der Waals surface area contributed by atoms with E-state index < -0.39 is 0 Å². The molecule has 3 nitrogen and oxygen atoms in total. The average Bonchev–Trinajstić information content (AvgIpc) is 1.80. The zero-order valence-electron chi connectivity index (χ0n) is 5.35. The van der Waals surface area contributed by atoms with Gasteiger partial charge < -0.3 is 4.74 Å². The summed E-state index contributed by atoms with van der Waals surface area (Å²) in [6, 6.07) is 0. The molecule has 51 valence electrons. The lowest BCUT2D eigenvalue weighted by Gasteiger charge is -1.95. The Labute approximate surface area is 54.0 Å². The number of esters is 1. The van der Waals surface area contributed by atoms with Gasteiger partial charge in [-0.2, -0.15) is 0 Å². The summed E-state index contributed by atoms with van der Waals surface area (Å²) in [6.07, 6.45) is 2.61. The molecule has 0 rings (SSSR count). The van der Waals surface area contributed by atoms with Gasteiger partial charge in [0.1, 0.15) is 0 Å². The van der Waals surface area contributed by atoms with Crippen LogP contribution in [0.4, 0.5) is 0 Å². The van der Waals surface area contributed by atoms with Crippen molar-refractivity contribution >= 4 is 12.3 Å². The van der Waals surface area contributed by atoms with Gasteiger partial charge in [0.05, 0.1) is 6.61 Å².